The van der Waals surface area contributed by atoms with Crippen LogP contribution in [-0.2, 0) is 0 Å². The molecule has 9 heteroatoms. The zero-order chi connectivity index (χ0) is 20.0. The van der Waals surface area contributed by atoms with Gasteiger partial charge in [0.2, 0.25) is 0 Å². The van der Waals surface area contributed by atoms with E-state index in [0.29, 0.717) is 27.5 Å². The lowest BCUT2D eigenvalue weighted by Gasteiger charge is -2.17. The average Bonchev–Trinajstić information content (AvgIpc) is 3.04. The zero-order valence-electron chi connectivity index (χ0n) is 14.2. The number of aromatic amines is 1. The molecule has 0 unspecified atom stereocenters. The Bertz CT molecular complexity index is 1250. The quantitative estimate of drug-likeness (QED) is 0.287. The smallest absolute Gasteiger partial charge is 0.293 e. The lowest BCUT2D eigenvalue weighted by molar-refractivity contribution is 0.0983. The van der Waals surface area contributed by atoms with Crippen molar-refractivity contribution >= 4 is 39.3 Å². The molecule has 2 aromatic heterocycles. The minimum Gasteiger partial charge on any atom is -0.364 e. The van der Waals surface area contributed by atoms with Crippen molar-refractivity contribution in [3.63, 3.8) is 0 Å². The Labute approximate surface area is 156 Å². The van der Waals surface area contributed by atoms with Gasteiger partial charge < -0.3 is 10.7 Å². The number of H-pyrrole nitrogens is 1. The minimum absolute atomic E-state index is 0.139. The molecule has 2 aromatic carbocycles. The fraction of sp³-hybridized carbons (Fsp3) is 0. The van der Waals surface area contributed by atoms with Crippen LogP contribution in [0.5, 0.6) is 0 Å². The van der Waals surface area contributed by atoms with Crippen LogP contribution < -0.4 is 16.6 Å². The van der Waals surface area contributed by atoms with E-state index >= 15 is 0 Å². The predicted octanol–water partition coefficient (Wildman–Crippen LogP) is 2.61. The number of rotatable bonds is 3. The molecule has 140 valence electrons. The first-order chi connectivity index (χ1) is 13.3. The third kappa shape index (κ3) is 2.83. The van der Waals surface area contributed by atoms with Crippen molar-refractivity contribution in [2.24, 2.45) is 11.6 Å². The van der Waals surface area contributed by atoms with E-state index in [-0.39, 0.29) is 17.1 Å². The van der Waals surface area contributed by atoms with Gasteiger partial charge in [0.05, 0.1) is 11.2 Å². The first kappa shape index (κ1) is 17.6. The SMILES string of the molecule is NC(=O)c1cc2c([nH]c3ccccc32)c(C(=O)N(N)c2cc(F)cc(F)c2)n1. The second-order valence-corrected chi connectivity index (χ2v) is 6.12. The molecule has 28 heavy (non-hydrogen) atoms. The van der Waals surface area contributed by atoms with Crippen LogP contribution in [0.25, 0.3) is 21.8 Å². The van der Waals surface area contributed by atoms with Gasteiger partial charge in [-0.15, -0.1) is 0 Å². The summed E-state index contributed by atoms with van der Waals surface area (Å²) < 4.78 is 27.0. The van der Waals surface area contributed by atoms with Gasteiger partial charge in [-0.1, -0.05) is 18.2 Å². The number of carbonyl (C=O) groups is 2. The van der Waals surface area contributed by atoms with Crippen LogP contribution in [-0.4, -0.2) is 21.8 Å². The molecular formula is C19H13F2N5O2. The number of anilines is 1. The normalized spacial score (nSPS) is 11.1. The number of hydrogen-bond donors (Lipinski definition) is 3. The van der Waals surface area contributed by atoms with Crippen molar-refractivity contribution in [3.8, 4) is 0 Å². The molecule has 7 nitrogen and oxygen atoms in total. The second kappa shape index (κ2) is 6.39. The van der Waals surface area contributed by atoms with Crippen LogP contribution in [0.4, 0.5) is 14.5 Å². The van der Waals surface area contributed by atoms with Gasteiger partial charge in [0.15, 0.2) is 5.69 Å². The topological polar surface area (TPSA) is 118 Å². The second-order valence-electron chi connectivity index (χ2n) is 6.12. The van der Waals surface area contributed by atoms with E-state index in [1.165, 1.54) is 6.07 Å². The summed E-state index contributed by atoms with van der Waals surface area (Å²) in [6.45, 7) is 0. The highest BCUT2D eigenvalue weighted by atomic mass is 19.1. The number of aromatic nitrogens is 2. The van der Waals surface area contributed by atoms with Gasteiger partial charge >= 0.3 is 0 Å². The van der Waals surface area contributed by atoms with Gasteiger partial charge in [-0.3, -0.25) is 9.59 Å². The van der Waals surface area contributed by atoms with E-state index in [2.05, 4.69) is 9.97 Å². The summed E-state index contributed by atoms with van der Waals surface area (Å²) in [5, 5.41) is 1.85. The van der Waals surface area contributed by atoms with Gasteiger partial charge in [0, 0.05) is 22.4 Å². The predicted molar refractivity (Wildman–Crippen MR) is 99.5 cm³/mol. The molecule has 2 heterocycles. The molecule has 0 bridgehead atoms. The molecule has 0 aliphatic rings. The molecule has 0 saturated heterocycles. The fourth-order valence-electron chi connectivity index (χ4n) is 3.04. The molecule has 0 fully saturated rings. The average molecular weight is 381 g/mol. The third-order valence-corrected chi connectivity index (χ3v) is 4.30. The number of carbonyl (C=O) groups excluding carboxylic acids is 2. The number of para-hydroxylation sites is 1. The molecule has 0 saturated carbocycles. The van der Waals surface area contributed by atoms with E-state index in [1.54, 1.807) is 24.3 Å². The number of fused-ring (bicyclic) bond motifs is 3. The number of halogens is 2. The van der Waals surface area contributed by atoms with Crippen LogP contribution in [0.1, 0.15) is 21.0 Å². The minimum atomic E-state index is -0.896. The number of hydrazine groups is 1. The number of nitrogens with two attached hydrogens (primary N) is 2. The Balaban J connectivity index is 1.93. The third-order valence-electron chi connectivity index (χ3n) is 4.30. The summed E-state index contributed by atoms with van der Waals surface area (Å²) in [4.78, 5) is 31.7. The number of nitrogens with one attached hydrogen (secondary N) is 1. The summed E-state index contributed by atoms with van der Waals surface area (Å²) >= 11 is 0. The van der Waals surface area contributed by atoms with Crippen molar-refractivity contribution in [2.45, 2.75) is 0 Å². The Kier molecular flexibility index (Phi) is 4.01. The van der Waals surface area contributed by atoms with Crippen LogP contribution in [0.2, 0.25) is 0 Å². The maximum absolute atomic E-state index is 13.5. The Morgan fingerprint density at radius 1 is 1.00 bits per heavy atom. The number of pyridine rings is 1. The number of amides is 2. The molecule has 0 aliphatic heterocycles. The van der Waals surface area contributed by atoms with E-state index < -0.39 is 23.4 Å². The van der Waals surface area contributed by atoms with Gasteiger partial charge in [0.1, 0.15) is 17.3 Å². The van der Waals surface area contributed by atoms with E-state index in [4.69, 9.17) is 11.6 Å². The summed E-state index contributed by atoms with van der Waals surface area (Å²) in [7, 11) is 0. The summed E-state index contributed by atoms with van der Waals surface area (Å²) in [5.41, 5.74) is 5.82. The summed E-state index contributed by atoms with van der Waals surface area (Å²) in [6, 6.07) is 11.1. The molecule has 5 N–H and O–H groups in total. The lowest BCUT2D eigenvalue weighted by atomic mass is 10.1. The molecule has 0 aliphatic carbocycles. The first-order valence-electron chi connectivity index (χ1n) is 8.11. The lowest BCUT2D eigenvalue weighted by Crippen LogP contribution is -2.38. The Hall–Kier alpha value is -3.85. The van der Waals surface area contributed by atoms with Crippen LogP contribution in [0.3, 0.4) is 0 Å². The first-order valence-corrected chi connectivity index (χ1v) is 8.11. The molecule has 2 amide bonds. The highest BCUT2D eigenvalue weighted by molar-refractivity contribution is 6.18. The van der Waals surface area contributed by atoms with Crippen molar-refractivity contribution < 1.29 is 18.4 Å². The zero-order valence-corrected chi connectivity index (χ0v) is 14.2. The van der Waals surface area contributed by atoms with Crippen molar-refractivity contribution in [1.82, 2.24) is 9.97 Å². The van der Waals surface area contributed by atoms with Crippen molar-refractivity contribution in [2.75, 3.05) is 5.01 Å². The fourth-order valence-corrected chi connectivity index (χ4v) is 3.04. The molecule has 0 spiro atoms. The van der Waals surface area contributed by atoms with Crippen molar-refractivity contribution in [1.29, 1.82) is 0 Å². The molecule has 0 radical (unpaired) electrons. The van der Waals surface area contributed by atoms with E-state index in [1.807, 2.05) is 0 Å². The summed E-state index contributed by atoms with van der Waals surface area (Å²) in [5.74, 6) is 2.31. The Morgan fingerprint density at radius 3 is 2.36 bits per heavy atom. The summed E-state index contributed by atoms with van der Waals surface area (Å²) in [6.07, 6.45) is 0. The maximum atomic E-state index is 13.5. The number of hydrogen-bond acceptors (Lipinski definition) is 4. The van der Waals surface area contributed by atoms with Crippen LogP contribution in [0.15, 0.2) is 48.5 Å². The molecule has 4 aromatic rings. The highest BCUT2D eigenvalue weighted by Gasteiger charge is 2.24. The largest absolute Gasteiger partial charge is 0.364 e. The molecule has 0 atom stereocenters. The van der Waals surface area contributed by atoms with Gasteiger partial charge in [-0.05, 0) is 24.3 Å². The maximum Gasteiger partial charge on any atom is 0.293 e. The molecular weight excluding hydrogens is 368 g/mol. The Morgan fingerprint density at radius 2 is 1.68 bits per heavy atom. The molecule has 4 rings (SSSR count). The number of nitrogens with zero attached hydrogens (tertiary/aromatic N) is 2. The highest BCUT2D eigenvalue weighted by Crippen LogP contribution is 2.29. The van der Waals surface area contributed by atoms with Gasteiger partial charge in [0.25, 0.3) is 11.8 Å². The van der Waals surface area contributed by atoms with Crippen molar-refractivity contribution in [3.05, 3.63) is 71.6 Å². The number of benzene rings is 2. The van der Waals surface area contributed by atoms with Crippen LogP contribution in [0, 0.1) is 11.6 Å². The number of primary amides is 1. The van der Waals surface area contributed by atoms with Gasteiger partial charge in [-0.25, -0.2) is 24.6 Å². The standard InChI is InChI=1S/C19H13F2N5O2/c20-9-5-10(21)7-11(6-9)26(23)19(28)17-16-13(8-15(25-17)18(22)27)12-3-1-2-4-14(12)24-16/h1-8,24H,23H2,(H2,22,27). The van der Waals surface area contributed by atoms with E-state index in [9.17, 15) is 18.4 Å². The van der Waals surface area contributed by atoms with Gasteiger partial charge in [-0.2, -0.15) is 0 Å². The van der Waals surface area contributed by atoms with E-state index in [0.717, 1.165) is 17.5 Å². The monoisotopic (exact) mass is 381 g/mol. The van der Waals surface area contributed by atoms with Crippen LogP contribution >= 0.6 is 0 Å².